The molecule has 0 spiro atoms. The number of hydrogen-bond donors (Lipinski definition) is 1. The quantitative estimate of drug-likeness (QED) is 0.876. The summed E-state index contributed by atoms with van der Waals surface area (Å²) in [7, 11) is -0.783. The summed E-state index contributed by atoms with van der Waals surface area (Å²) in [6, 6.07) is 1.39. The fourth-order valence-corrected chi connectivity index (χ4v) is 2.77. The van der Waals surface area contributed by atoms with E-state index in [0.717, 1.165) is 9.87 Å². The number of ether oxygens (including phenoxy) is 1. The molecule has 0 aliphatic carbocycles. The van der Waals surface area contributed by atoms with Crippen LogP contribution in [0.2, 0.25) is 0 Å². The minimum Gasteiger partial charge on any atom is -0.451 e. The zero-order valence-corrected chi connectivity index (χ0v) is 15.1. The van der Waals surface area contributed by atoms with Crippen molar-refractivity contribution in [1.82, 2.24) is 19.3 Å². The molecule has 0 aliphatic heterocycles. The van der Waals surface area contributed by atoms with Gasteiger partial charge in [0.25, 0.3) is 10.0 Å². The largest absolute Gasteiger partial charge is 0.451 e. The van der Waals surface area contributed by atoms with Crippen molar-refractivity contribution in [3.8, 4) is 11.5 Å². The number of nitrogens with zero attached hydrogens (tertiary/aromatic N) is 4. The second-order valence-corrected chi connectivity index (χ2v) is 7.87. The maximum atomic E-state index is 12.3. The van der Waals surface area contributed by atoms with Gasteiger partial charge in [-0.3, -0.25) is 0 Å². The molecule has 0 atom stereocenters. The fourth-order valence-electron chi connectivity index (χ4n) is 1.95. The van der Waals surface area contributed by atoms with Gasteiger partial charge < -0.3 is 10.5 Å². The maximum absolute atomic E-state index is 12.3. The van der Waals surface area contributed by atoms with Crippen LogP contribution < -0.4 is 10.5 Å². The second-order valence-electron chi connectivity index (χ2n) is 5.77. The van der Waals surface area contributed by atoms with Crippen molar-refractivity contribution in [3.63, 3.8) is 0 Å². The summed E-state index contributed by atoms with van der Waals surface area (Å²) in [5.74, 6) is 1.42. The lowest BCUT2D eigenvalue weighted by Gasteiger charge is -2.17. The molecule has 0 saturated heterocycles. The van der Waals surface area contributed by atoms with Gasteiger partial charge in [0, 0.05) is 31.9 Å². The first kappa shape index (κ1) is 18.1. The van der Waals surface area contributed by atoms with Gasteiger partial charge in [-0.25, -0.2) is 27.7 Å². The number of pyridine rings is 1. The van der Waals surface area contributed by atoms with Gasteiger partial charge in [0.2, 0.25) is 0 Å². The molecule has 2 heterocycles. The zero-order chi connectivity index (χ0) is 18.1. The van der Waals surface area contributed by atoms with E-state index in [-0.39, 0.29) is 22.5 Å². The number of aryl methyl sites for hydroxylation is 1. The third kappa shape index (κ3) is 3.62. The smallest absolute Gasteiger partial charge is 0.260 e. The second kappa shape index (κ2) is 6.70. The topological polar surface area (TPSA) is 111 Å². The van der Waals surface area contributed by atoms with Crippen LogP contribution in [0.25, 0.3) is 0 Å². The number of rotatable bonds is 5. The first-order valence-electron chi connectivity index (χ1n) is 7.32. The SMILES string of the molecule is Cc1ncc(Oc2cc(S(=O)(=O)N(C)C)ncc2C(C)C)c(N)n1. The van der Waals surface area contributed by atoms with E-state index in [0.29, 0.717) is 11.6 Å². The predicted molar refractivity (Wildman–Crippen MR) is 90.5 cm³/mol. The molecule has 2 N–H and O–H groups in total. The van der Waals surface area contributed by atoms with Crippen molar-refractivity contribution in [3.05, 3.63) is 29.8 Å². The average molecular weight is 351 g/mol. The summed E-state index contributed by atoms with van der Waals surface area (Å²) < 4.78 is 31.5. The average Bonchev–Trinajstić information content (AvgIpc) is 2.49. The van der Waals surface area contributed by atoms with Gasteiger partial charge in [0.1, 0.15) is 11.6 Å². The minimum absolute atomic E-state index is 0.0798. The Hall–Kier alpha value is -2.26. The van der Waals surface area contributed by atoms with Crippen molar-refractivity contribution >= 4 is 15.8 Å². The van der Waals surface area contributed by atoms with Crippen LogP contribution in [0.5, 0.6) is 11.5 Å². The number of anilines is 1. The van der Waals surface area contributed by atoms with E-state index in [1.165, 1.54) is 32.6 Å². The van der Waals surface area contributed by atoms with E-state index in [2.05, 4.69) is 15.0 Å². The monoisotopic (exact) mass is 351 g/mol. The molecule has 24 heavy (non-hydrogen) atoms. The van der Waals surface area contributed by atoms with Crippen LogP contribution in [0.15, 0.2) is 23.5 Å². The molecule has 130 valence electrons. The molecule has 2 aromatic rings. The molecule has 0 unspecified atom stereocenters. The number of sulfonamides is 1. The molecule has 0 aliphatic rings. The van der Waals surface area contributed by atoms with Crippen LogP contribution in [-0.4, -0.2) is 41.8 Å². The van der Waals surface area contributed by atoms with Gasteiger partial charge in [-0.1, -0.05) is 13.8 Å². The van der Waals surface area contributed by atoms with Crippen LogP contribution in [-0.2, 0) is 10.0 Å². The third-order valence-electron chi connectivity index (χ3n) is 3.36. The summed E-state index contributed by atoms with van der Waals surface area (Å²) in [6.07, 6.45) is 2.96. The van der Waals surface area contributed by atoms with E-state index < -0.39 is 10.0 Å². The summed E-state index contributed by atoms with van der Waals surface area (Å²) in [5.41, 5.74) is 6.61. The first-order valence-corrected chi connectivity index (χ1v) is 8.76. The number of hydrogen-bond acceptors (Lipinski definition) is 7. The highest BCUT2D eigenvalue weighted by molar-refractivity contribution is 7.89. The van der Waals surface area contributed by atoms with Gasteiger partial charge in [0.15, 0.2) is 16.6 Å². The number of nitrogens with two attached hydrogens (primary N) is 1. The van der Waals surface area contributed by atoms with E-state index in [4.69, 9.17) is 10.5 Å². The van der Waals surface area contributed by atoms with Crippen LogP contribution in [0.1, 0.15) is 31.2 Å². The number of nitrogen functional groups attached to an aromatic ring is 1. The predicted octanol–water partition coefficient (Wildman–Crippen LogP) is 1.93. The molecular weight excluding hydrogens is 330 g/mol. The van der Waals surface area contributed by atoms with Crippen molar-refractivity contribution in [1.29, 1.82) is 0 Å². The van der Waals surface area contributed by atoms with Crippen LogP contribution in [0.3, 0.4) is 0 Å². The molecule has 0 aromatic carbocycles. The lowest BCUT2D eigenvalue weighted by atomic mass is 10.1. The van der Waals surface area contributed by atoms with E-state index >= 15 is 0 Å². The highest BCUT2D eigenvalue weighted by Gasteiger charge is 2.22. The zero-order valence-electron chi connectivity index (χ0n) is 14.3. The molecular formula is C15H21N5O3S. The molecule has 0 saturated carbocycles. The van der Waals surface area contributed by atoms with Crippen molar-refractivity contribution < 1.29 is 13.2 Å². The molecule has 2 aromatic heterocycles. The molecule has 0 fully saturated rings. The van der Waals surface area contributed by atoms with Gasteiger partial charge >= 0.3 is 0 Å². The van der Waals surface area contributed by atoms with Crippen LogP contribution in [0, 0.1) is 6.92 Å². The van der Waals surface area contributed by atoms with E-state index in [1.807, 2.05) is 13.8 Å². The van der Waals surface area contributed by atoms with Crippen LogP contribution >= 0.6 is 0 Å². The molecule has 9 heteroatoms. The third-order valence-corrected chi connectivity index (χ3v) is 5.07. The van der Waals surface area contributed by atoms with Gasteiger partial charge in [-0.2, -0.15) is 0 Å². The van der Waals surface area contributed by atoms with E-state index in [9.17, 15) is 8.42 Å². The Balaban J connectivity index is 2.53. The first-order chi connectivity index (χ1) is 11.1. The molecule has 8 nitrogen and oxygen atoms in total. The lowest BCUT2D eigenvalue weighted by Crippen LogP contribution is -2.23. The van der Waals surface area contributed by atoms with Gasteiger partial charge in [-0.05, 0) is 12.8 Å². The van der Waals surface area contributed by atoms with Crippen LogP contribution in [0.4, 0.5) is 5.82 Å². The maximum Gasteiger partial charge on any atom is 0.260 e. The normalized spacial score (nSPS) is 12.0. The van der Waals surface area contributed by atoms with Gasteiger partial charge in [-0.15, -0.1) is 0 Å². The lowest BCUT2D eigenvalue weighted by molar-refractivity contribution is 0.464. The molecule has 0 radical (unpaired) electrons. The molecule has 0 bridgehead atoms. The Kier molecular flexibility index (Phi) is 5.05. The Morgan fingerprint density at radius 2 is 1.83 bits per heavy atom. The van der Waals surface area contributed by atoms with E-state index in [1.54, 1.807) is 6.92 Å². The van der Waals surface area contributed by atoms with Crippen molar-refractivity contribution in [2.45, 2.75) is 31.7 Å². The Bertz CT molecular complexity index is 850. The Morgan fingerprint density at radius 3 is 2.38 bits per heavy atom. The standard InChI is InChI=1S/C15H21N5O3S/c1-9(2)11-7-18-14(24(21,22)20(4)5)6-12(11)23-13-8-17-10(3)19-15(13)16/h6-9H,1-5H3,(H2,16,17,19). The Morgan fingerprint density at radius 1 is 1.17 bits per heavy atom. The fraction of sp³-hybridized carbons (Fsp3) is 0.400. The molecule has 0 amide bonds. The summed E-state index contributed by atoms with van der Waals surface area (Å²) in [4.78, 5) is 12.2. The molecule has 2 rings (SSSR count). The summed E-state index contributed by atoms with van der Waals surface area (Å²) in [5, 5.41) is -0.0986. The highest BCUT2D eigenvalue weighted by atomic mass is 32.2. The van der Waals surface area contributed by atoms with Crippen molar-refractivity contribution in [2.75, 3.05) is 19.8 Å². The van der Waals surface area contributed by atoms with Crippen molar-refractivity contribution in [2.24, 2.45) is 0 Å². The summed E-state index contributed by atoms with van der Waals surface area (Å²) >= 11 is 0. The number of aromatic nitrogens is 3. The summed E-state index contributed by atoms with van der Waals surface area (Å²) in [6.45, 7) is 5.63. The highest BCUT2D eigenvalue weighted by Crippen LogP contribution is 2.33. The van der Waals surface area contributed by atoms with Gasteiger partial charge in [0.05, 0.1) is 6.20 Å². The minimum atomic E-state index is -3.67. The Labute approximate surface area is 141 Å².